The Hall–Kier alpha value is -1.55. The maximum Gasteiger partial charge on any atom is 0.236 e. The number of likely N-dealkylation sites (tertiary alicyclic amines) is 1. The lowest BCUT2D eigenvalue weighted by molar-refractivity contribution is -0.129. The monoisotopic (exact) mass is 262 g/mol. The lowest BCUT2D eigenvalue weighted by Gasteiger charge is -2.19. The molecule has 2 rings (SSSR count). The van der Waals surface area contributed by atoms with Crippen LogP contribution < -0.4 is 10.1 Å². The molecule has 1 aliphatic heterocycles. The van der Waals surface area contributed by atoms with Crippen molar-refractivity contribution in [1.29, 1.82) is 0 Å². The molecule has 1 aromatic rings. The van der Waals surface area contributed by atoms with Crippen LogP contribution in [0.5, 0.6) is 5.75 Å². The fraction of sp³-hybridized carbons (Fsp3) is 0.533. The van der Waals surface area contributed by atoms with Crippen molar-refractivity contribution in [2.45, 2.75) is 25.8 Å². The summed E-state index contributed by atoms with van der Waals surface area (Å²) in [7, 11) is 1.66. The van der Waals surface area contributed by atoms with Crippen molar-refractivity contribution in [1.82, 2.24) is 10.2 Å². The van der Waals surface area contributed by atoms with Crippen LogP contribution in [0.15, 0.2) is 24.3 Å². The van der Waals surface area contributed by atoms with Crippen molar-refractivity contribution >= 4 is 5.91 Å². The van der Waals surface area contributed by atoms with Gasteiger partial charge in [-0.1, -0.05) is 12.1 Å². The van der Waals surface area contributed by atoms with E-state index >= 15 is 0 Å². The summed E-state index contributed by atoms with van der Waals surface area (Å²) in [5.74, 6) is 1.05. The number of nitrogens with one attached hydrogen (secondary N) is 1. The maximum absolute atomic E-state index is 11.9. The Bertz CT molecular complexity index is 428. The molecule has 0 aliphatic carbocycles. The first-order chi connectivity index (χ1) is 9.20. The van der Waals surface area contributed by atoms with E-state index in [1.54, 1.807) is 7.11 Å². The topological polar surface area (TPSA) is 41.6 Å². The number of ether oxygens (including phenoxy) is 1. The van der Waals surface area contributed by atoms with Gasteiger partial charge in [-0.2, -0.15) is 0 Å². The molecule has 1 unspecified atom stereocenters. The van der Waals surface area contributed by atoms with Crippen LogP contribution in [0.2, 0.25) is 0 Å². The van der Waals surface area contributed by atoms with Crippen molar-refractivity contribution in [3.8, 4) is 5.75 Å². The Morgan fingerprint density at radius 2 is 2.16 bits per heavy atom. The van der Waals surface area contributed by atoms with Crippen LogP contribution in [0.1, 0.15) is 31.4 Å². The van der Waals surface area contributed by atoms with Crippen LogP contribution in [-0.2, 0) is 4.79 Å². The van der Waals surface area contributed by atoms with E-state index in [9.17, 15) is 4.79 Å². The normalized spacial score (nSPS) is 16.4. The Balaban J connectivity index is 1.86. The summed E-state index contributed by atoms with van der Waals surface area (Å²) >= 11 is 0. The van der Waals surface area contributed by atoms with Gasteiger partial charge in [0.15, 0.2) is 0 Å². The molecule has 0 spiro atoms. The first kappa shape index (κ1) is 13.9. The van der Waals surface area contributed by atoms with E-state index in [4.69, 9.17) is 4.74 Å². The molecule has 0 saturated carbocycles. The van der Waals surface area contributed by atoms with Gasteiger partial charge in [0.25, 0.3) is 0 Å². The zero-order chi connectivity index (χ0) is 13.7. The molecule has 1 atom stereocenters. The van der Waals surface area contributed by atoms with E-state index in [1.807, 2.05) is 29.2 Å². The highest BCUT2D eigenvalue weighted by atomic mass is 16.5. The lowest BCUT2D eigenvalue weighted by Crippen LogP contribution is -2.37. The second kappa shape index (κ2) is 6.57. The van der Waals surface area contributed by atoms with Crippen LogP contribution in [0.3, 0.4) is 0 Å². The van der Waals surface area contributed by atoms with Crippen molar-refractivity contribution in [2.75, 3.05) is 26.7 Å². The van der Waals surface area contributed by atoms with Gasteiger partial charge in [0, 0.05) is 19.1 Å². The number of nitrogens with zero attached hydrogens (tertiary/aromatic N) is 1. The molecule has 1 amide bonds. The molecule has 104 valence electrons. The molecule has 0 radical (unpaired) electrons. The molecule has 4 nitrogen and oxygen atoms in total. The predicted octanol–water partition coefficient (Wildman–Crippen LogP) is 1.97. The molecular weight excluding hydrogens is 240 g/mol. The van der Waals surface area contributed by atoms with E-state index in [-0.39, 0.29) is 11.9 Å². The van der Waals surface area contributed by atoms with E-state index < -0.39 is 0 Å². The van der Waals surface area contributed by atoms with Crippen LogP contribution in [0, 0.1) is 0 Å². The smallest absolute Gasteiger partial charge is 0.236 e. The Morgan fingerprint density at radius 3 is 2.84 bits per heavy atom. The lowest BCUT2D eigenvalue weighted by atomic mass is 10.1. The first-order valence-corrected chi connectivity index (χ1v) is 6.86. The summed E-state index contributed by atoms with van der Waals surface area (Å²) in [6.45, 7) is 4.28. The third kappa shape index (κ3) is 3.70. The molecule has 4 heteroatoms. The van der Waals surface area contributed by atoms with Gasteiger partial charge < -0.3 is 15.0 Å². The number of hydrogen-bond donors (Lipinski definition) is 1. The van der Waals surface area contributed by atoms with Crippen molar-refractivity contribution in [2.24, 2.45) is 0 Å². The zero-order valence-electron chi connectivity index (χ0n) is 11.7. The third-order valence-electron chi connectivity index (χ3n) is 3.61. The largest absolute Gasteiger partial charge is 0.497 e. The molecule has 1 saturated heterocycles. The maximum atomic E-state index is 11.9. The molecule has 1 heterocycles. The fourth-order valence-electron chi connectivity index (χ4n) is 2.35. The molecule has 1 aliphatic rings. The van der Waals surface area contributed by atoms with Crippen molar-refractivity contribution in [3.05, 3.63) is 29.8 Å². The number of methoxy groups -OCH3 is 1. The molecule has 1 fully saturated rings. The summed E-state index contributed by atoms with van der Waals surface area (Å²) in [5.41, 5.74) is 1.13. The van der Waals surface area contributed by atoms with Gasteiger partial charge in [-0.3, -0.25) is 4.79 Å². The summed E-state index contributed by atoms with van der Waals surface area (Å²) in [5, 5.41) is 3.28. The molecule has 0 bridgehead atoms. The third-order valence-corrected chi connectivity index (χ3v) is 3.61. The highest BCUT2D eigenvalue weighted by molar-refractivity contribution is 5.78. The van der Waals surface area contributed by atoms with Gasteiger partial charge in [-0.05, 0) is 37.5 Å². The zero-order valence-corrected chi connectivity index (χ0v) is 11.7. The number of carbonyl (C=O) groups excluding carboxylic acids is 1. The van der Waals surface area contributed by atoms with Gasteiger partial charge >= 0.3 is 0 Å². The summed E-state index contributed by atoms with van der Waals surface area (Å²) in [6.07, 6.45) is 2.27. The Kier molecular flexibility index (Phi) is 4.80. The fourth-order valence-corrected chi connectivity index (χ4v) is 2.35. The van der Waals surface area contributed by atoms with E-state index in [0.717, 1.165) is 37.2 Å². The quantitative estimate of drug-likeness (QED) is 0.882. The number of carbonyl (C=O) groups is 1. The second-order valence-corrected chi connectivity index (χ2v) is 4.97. The molecule has 1 aromatic carbocycles. The van der Waals surface area contributed by atoms with Gasteiger partial charge in [-0.25, -0.2) is 0 Å². The van der Waals surface area contributed by atoms with Crippen LogP contribution in [-0.4, -0.2) is 37.6 Å². The molecule has 19 heavy (non-hydrogen) atoms. The Morgan fingerprint density at radius 1 is 1.42 bits per heavy atom. The van der Waals surface area contributed by atoms with E-state index in [0.29, 0.717) is 6.54 Å². The van der Waals surface area contributed by atoms with E-state index in [1.165, 1.54) is 0 Å². The average Bonchev–Trinajstić information content (AvgIpc) is 2.98. The number of amides is 1. The average molecular weight is 262 g/mol. The van der Waals surface area contributed by atoms with Crippen molar-refractivity contribution < 1.29 is 9.53 Å². The van der Waals surface area contributed by atoms with Crippen LogP contribution in [0.4, 0.5) is 0 Å². The Labute approximate surface area is 114 Å². The summed E-state index contributed by atoms with van der Waals surface area (Å²) in [6, 6.07) is 8.07. The highest BCUT2D eigenvalue weighted by Gasteiger charge is 2.18. The summed E-state index contributed by atoms with van der Waals surface area (Å²) in [4.78, 5) is 13.9. The molecule has 0 aromatic heterocycles. The highest BCUT2D eigenvalue weighted by Crippen LogP contribution is 2.18. The molecule has 1 N–H and O–H groups in total. The van der Waals surface area contributed by atoms with Gasteiger partial charge in [0.1, 0.15) is 5.75 Å². The summed E-state index contributed by atoms with van der Waals surface area (Å²) < 4.78 is 5.21. The minimum Gasteiger partial charge on any atom is -0.497 e. The number of benzene rings is 1. The molecular formula is C15H22N2O2. The van der Waals surface area contributed by atoms with Crippen LogP contribution >= 0.6 is 0 Å². The van der Waals surface area contributed by atoms with Gasteiger partial charge in [0.05, 0.1) is 13.7 Å². The number of rotatable bonds is 5. The standard InChI is InChI=1S/C15H22N2O2/c1-12(13-6-5-7-14(10-13)19-2)16-11-15(18)17-8-3-4-9-17/h5-7,10,12,16H,3-4,8-9,11H2,1-2H3. The second-order valence-electron chi connectivity index (χ2n) is 4.97. The minimum absolute atomic E-state index is 0.140. The van der Waals surface area contributed by atoms with Gasteiger partial charge in [-0.15, -0.1) is 0 Å². The first-order valence-electron chi connectivity index (χ1n) is 6.86. The SMILES string of the molecule is COc1cccc(C(C)NCC(=O)N2CCCC2)c1. The van der Waals surface area contributed by atoms with Crippen molar-refractivity contribution in [3.63, 3.8) is 0 Å². The van der Waals surface area contributed by atoms with E-state index in [2.05, 4.69) is 12.2 Å². The number of hydrogen-bond acceptors (Lipinski definition) is 3. The minimum atomic E-state index is 0.140. The van der Waals surface area contributed by atoms with Gasteiger partial charge in [0.2, 0.25) is 5.91 Å². The van der Waals surface area contributed by atoms with Crippen LogP contribution in [0.25, 0.3) is 0 Å². The predicted molar refractivity (Wildman–Crippen MR) is 75.2 cm³/mol.